The molecule has 0 unspecified atom stereocenters. The fourth-order valence-electron chi connectivity index (χ4n) is 2.99. The summed E-state index contributed by atoms with van der Waals surface area (Å²) in [6.07, 6.45) is 0. The zero-order chi connectivity index (χ0) is 21.3. The van der Waals surface area contributed by atoms with Crippen molar-refractivity contribution in [2.75, 3.05) is 25.3 Å². The van der Waals surface area contributed by atoms with Crippen molar-refractivity contribution in [3.63, 3.8) is 0 Å². The van der Waals surface area contributed by atoms with Crippen molar-refractivity contribution in [3.05, 3.63) is 57.9 Å². The topological polar surface area (TPSA) is 95.2 Å². The van der Waals surface area contributed by atoms with Gasteiger partial charge in [-0.3, -0.25) is 0 Å². The van der Waals surface area contributed by atoms with Crippen LogP contribution in [0.25, 0.3) is 22.3 Å². The Morgan fingerprint density at radius 2 is 1.73 bits per heavy atom. The summed E-state index contributed by atoms with van der Waals surface area (Å²) in [5.74, 6) is 1.19. The molecule has 7 nitrogen and oxygen atoms in total. The molecule has 2 aromatic heterocycles. The second-order valence-electron chi connectivity index (χ2n) is 6.31. The first-order valence-corrected chi connectivity index (χ1v) is 9.95. The summed E-state index contributed by atoms with van der Waals surface area (Å²) >= 11 is 2.05. The van der Waals surface area contributed by atoms with Gasteiger partial charge in [0.05, 0.1) is 31.1 Å². The largest absolute Gasteiger partial charge is 0.493 e. The van der Waals surface area contributed by atoms with Crippen LogP contribution >= 0.6 is 22.6 Å². The summed E-state index contributed by atoms with van der Waals surface area (Å²) in [6.45, 7) is 0. The lowest BCUT2D eigenvalue weighted by atomic mass is 10.1. The quantitative estimate of drug-likeness (QED) is 0.368. The van der Waals surface area contributed by atoms with E-state index in [1.807, 2.05) is 40.8 Å². The molecule has 0 aliphatic rings. The van der Waals surface area contributed by atoms with E-state index in [1.54, 1.807) is 38.5 Å². The second-order valence-corrected chi connectivity index (χ2v) is 7.56. The van der Waals surface area contributed by atoms with E-state index in [0.29, 0.717) is 34.0 Å². The maximum atomic E-state index is 14.3. The SMILES string of the molecule is COc1ccc(-c2ccc3nc(N)nc(Nc4ccc(I)cc4F)c3n2)cc1OC. The van der Waals surface area contributed by atoms with Crippen LogP contribution in [0.4, 0.5) is 21.8 Å². The number of methoxy groups -OCH3 is 2. The molecule has 9 heteroatoms. The minimum atomic E-state index is -0.400. The van der Waals surface area contributed by atoms with Crippen molar-refractivity contribution < 1.29 is 13.9 Å². The first-order chi connectivity index (χ1) is 14.5. The number of nitrogen functional groups attached to an aromatic ring is 1. The van der Waals surface area contributed by atoms with Gasteiger partial charge in [-0.25, -0.2) is 14.4 Å². The number of hydrogen-bond acceptors (Lipinski definition) is 7. The standard InChI is InChI=1S/C21H17FIN5O2/c1-29-17-8-3-11(9-18(17)30-2)14-6-7-16-19(25-14)20(28-21(24)27-16)26-15-5-4-12(23)10-13(15)22/h3-10H,1-2H3,(H3,24,26,27,28). The van der Waals surface area contributed by atoms with Crippen LogP contribution in [0.5, 0.6) is 11.5 Å². The number of rotatable bonds is 5. The van der Waals surface area contributed by atoms with Crippen LogP contribution in [0, 0.1) is 9.39 Å². The van der Waals surface area contributed by atoms with E-state index < -0.39 is 5.82 Å². The Bertz CT molecular complexity index is 1250. The van der Waals surface area contributed by atoms with Crippen LogP contribution in [0.15, 0.2) is 48.5 Å². The zero-order valence-electron chi connectivity index (χ0n) is 16.1. The number of hydrogen-bond donors (Lipinski definition) is 2. The van der Waals surface area contributed by atoms with Crippen molar-refractivity contribution in [1.29, 1.82) is 0 Å². The average molecular weight is 517 g/mol. The fraction of sp³-hybridized carbons (Fsp3) is 0.0952. The number of aromatic nitrogens is 3. The highest BCUT2D eigenvalue weighted by Crippen LogP contribution is 2.33. The van der Waals surface area contributed by atoms with Crippen LogP contribution in [0.1, 0.15) is 0 Å². The van der Waals surface area contributed by atoms with E-state index >= 15 is 0 Å². The zero-order valence-corrected chi connectivity index (χ0v) is 18.3. The van der Waals surface area contributed by atoms with Crippen LogP contribution in [0.2, 0.25) is 0 Å². The summed E-state index contributed by atoms with van der Waals surface area (Å²) < 4.78 is 25.8. The Balaban J connectivity index is 1.82. The summed E-state index contributed by atoms with van der Waals surface area (Å²) in [6, 6.07) is 14.0. The summed E-state index contributed by atoms with van der Waals surface area (Å²) in [7, 11) is 3.15. The van der Waals surface area contributed by atoms with Gasteiger partial charge in [0.25, 0.3) is 0 Å². The normalized spacial score (nSPS) is 10.8. The van der Waals surface area contributed by atoms with Gasteiger partial charge < -0.3 is 20.5 Å². The van der Waals surface area contributed by atoms with E-state index in [4.69, 9.17) is 20.2 Å². The highest BCUT2D eigenvalue weighted by molar-refractivity contribution is 14.1. The Labute approximate surface area is 185 Å². The van der Waals surface area contributed by atoms with Crippen LogP contribution in [-0.2, 0) is 0 Å². The van der Waals surface area contributed by atoms with Gasteiger partial charge in [0.1, 0.15) is 11.3 Å². The minimum Gasteiger partial charge on any atom is -0.493 e. The van der Waals surface area contributed by atoms with Crippen molar-refractivity contribution in [2.24, 2.45) is 0 Å². The molecule has 2 aromatic carbocycles. The predicted molar refractivity (Wildman–Crippen MR) is 123 cm³/mol. The van der Waals surface area contributed by atoms with Gasteiger partial charge in [0.15, 0.2) is 17.3 Å². The molecule has 0 amide bonds. The van der Waals surface area contributed by atoms with Gasteiger partial charge in [-0.15, -0.1) is 0 Å². The third-order valence-corrected chi connectivity index (χ3v) is 5.09. The van der Waals surface area contributed by atoms with Gasteiger partial charge in [-0.1, -0.05) is 0 Å². The molecule has 0 aliphatic carbocycles. The van der Waals surface area contributed by atoms with Crippen molar-refractivity contribution in [1.82, 2.24) is 15.0 Å². The van der Waals surface area contributed by atoms with Crippen LogP contribution in [-0.4, -0.2) is 29.2 Å². The van der Waals surface area contributed by atoms with Crippen LogP contribution < -0.4 is 20.5 Å². The first kappa shape index (κ1) is 20.1. The maximum Gasteiger partial charge on any atom is 0.222 e. The number of nitrogens with zero attached hydrogens (tertiary/aromatic N) is 3. The van der Waals surface area contributed by atoms with Crippen molar-refractivity contribution in [2.45, 2.75) is 0 Å². The number of halogens is 2. The Hall–Kier alpha value is -3.21. The highest BCUT2D eigenvalue weighted by atomic mass is 127. The molecule has 30 heavy (non-hydrogen) atoms. The van der Waals surface area contributed by atoms with Gasteiger partial charge in [-0.05, 0) is 71.1 Å². The average Bonchev–Trinajstić information content (AvgIpc) is 2.74. The van der Waals surface area contributed by atoms with Gasteiger partial charge >= 0.3 is 0 Å². The molecule has 152 valence electrons. The number of benzene rings is 2. The summed E-state index contributed by atoms with van der Waals surface area (Å²) in [5.41, 5.74) is 8.61. The van der Waals surface area contributed by atoms with Gasteiger partial charge in [0.2, 0.25) is 5.95 Å². The predicted octanol–water partition coefficient (Wildman–Crippen LogP) is 4.78. The minimum absolute atomic E-state index is 0.0663. The lowest BCUT2D eigenvalue weighted by molar-refractivity contribution is 0.355. The van der Waals surface area contributed by atoms with E-state index in [1.165, 1.54) is 6.07 Å². The van der Waals surface area contributed by atoms with E-state index in [9.17, 15) is 4.39 Å². The molecular weight excluding hydrogens is 500 g/mol. The molecule has 0 saturated carbocycles. The summed E-state index contributed by atoms with van der Waals surface area (Å²) in [5, 5.41) is 2.99. The smallest absolute Gasteiger partial charge is 0.222 e. The second kappa shape index (κ2) is 8.27. The molecule has 3 N–H and O–H groups in total. The monoisotopic (exact) mass is 517 g/mol. The first-order valence-electron chi connectivity index (χ1n) is 8.87. The van der Waals surface area contributed by atoms with Gasteiger partial charge in [-0.2, -0.15) is 4.98 Å². The molecule has 0 fully saturated rings. The van der Waals surface area contributed by atoms with Crippen molar-refractivity contribution >= 4 is 51.1 Å². The number of anilines is 3. The molecule has 4 aromatic rings. The number of fused-ring (bicyclic) bond motifs is 1. The molecule has 0 atom stereocenters. The third kappa shape index (κ3) is 3.92. The fourth-order valence-corrected chi connectivity index (χ4v) is 3.45. The number of nitrogens with two attached hydrogens (primary N) is 1. The highest BCUT2D eigenvalue weighted by Gasteiger charge is 2.13. The summed E-state index contributed by atoms with van der Waals surface area (Å²) in [4.78, 5) is 13.2. The lowest BCUT2D eigenvalue weighted by Gasteiger charge is -2.12. The van der Waals surface area contributed by atoms with E-state index in [2.05, 4.69) is 15.3 Å². The molecule has 2 heterocycles. The van der Waals surface area contributed by atoms with Crippen molar-refractivity contribution in [3.8, 4) is 22.8 Å². The molecule has 4 rings (SSSR count). The number of ether oxygens (including phenoxy) is 2. The number of pyridine rings is 1. The Kier molecular flexibility index (Phi) is 5.53. The molecule has 0 spiro atoms. The molecule has 0 radical (unpaired) electrons. The lowest BCUT2D eigenvalue weighted by Crippen LogP contribution is -2.04. The molecule has 0 saturated heterocycles. The maximum absolute atomic E-state index is 14.3. The van der Waals surface area contributed by atoms with E-state index in [0.717, 1.165) is 9.13 Å². The molecule has 0 bridgehead atoms. The molecule has 0 aliphatic heterocycles. The van der Waals surface area contributed by atoms with Crippen LogP contribution in [0.3, 0.4) is 0 Å². The van der Waals surface area contributed by atoms with E-state index in [-0.39, 0.29) is 11.6 Å². The number of nitrogens with one attached hydrogen (secondary N) is 1. The Morgan fingerprint density at radius 3 is 2.47 bits per heavy atom. The van der Waals surface area contributed by atoms with Gasteiger partial charge in [0, 0.05) is 9.13 Å². The molecular formula is C21H17FIN5O2. The Morgan fingerprint density at radius 1 is 0.933 bits per heavy atom. The third-order valence-electron chi connectivity index (χ3n) is 4.42.